The Labute approximate surface area is 105 Å². The van der Waals surface area contributed by atoms with Crippen molar-refractivity contribution in [1.82, 2.24) is 15.1 Å². The highest BCUT2D eigenvalue weighted by atomic mass is 16.3. The van der Waals surface area contributed by atoms with Gasteiger partial charge in [0, 0.05) is 24.2 Å². The van der Waals surface area contributed by atoms with Gasteiger partial charge in [0.1, 0.15) is 0 Å². The van der Waals surface area contributed by atoms with Crippen LogP contribution in [0.2, 0.25) is 0 Å². The average molecular weight is 247 g/mol. The molecule has 2 aromatic rings. The Morgan fingerprint density at radius 2 is 2.22 bits per heavy atom. The minimum atomic E-state index is -0.629. The van der Waals surface area contributed by atoms with E-state index in [0.29, 0.717) is 5.56 Å². The van der Waals surface area contributed by atoms with Crippen LogP contribution in [0.1, 0.15) is 24.2 Å². The molecule has 0 radical (unpaired) electrons. The minimum absolute atomic E-state index is 0.107. The van der Waals surface area contributed by atoms with E-state index in [0.717, 1.165) is 10.9 Å². The van der Waals surface area contributed by atoms with Crippen LogP contribution in [0.3, 0.4) is 0 Å². The third-order valence-corrected chi connectivity index (χ3v) is 2.73. The first-order valence-electron chi connectivity index (χ1n) is 5.78. The second-order valence-corrected chi connectivity index (χ2v) is 5.07. The molecule has 1 aromatic heterocycles. The minimum Gasteiger partial charge on any atom is -0.394 e. The normalized spacial score (nSPS) is 11.8. The fourth-order valence-electron chi connectivity index (χ4n) is 1.70. The molecule has 5 heteroatoms. The van der Waals surface area contributed by atoms with Crippen LogP contribution in [-0.2, 0) is 7.05 Å². The molecule has 0 bridgehead atoms. The highest BCUT2D eigenvalue weighted by Gasteiger charge is 2.20. The Bertz CT molecular complexity index is 587. The molecule has 1 heterocycles. The second kappa shape index (κ2) is 4.42. The van der Waals surface area contributed by atoms with Crippen LogP contribution in [0.25, 0.3) is 10.9 Å². The molecule has 5 nitrogen and oxygen atoms in total. The van der Waals surface area contributed by atoms with Gasteiger partial charge in [-0.3, -0.25) is 9.48 Å². The lowest BCUT2D eigenvalue weighted by Gasteiger charge is -2.23. The summed E-state index contributed by atoms with van der Waals surface area (Å²) in [6, 6.07) is 5.37. The number of carbonyl (C=O) groups is 1. The van der Waals surface area contributed by atoms with Gasteiger partial charge in [0.05, 0.1) is 17.7 Å². The molecule has 1 aromatic carbocycles. The van der Waals surface area contributed by atoms with E-state index in [1.54, 1.807) is 30.7 Å². The van der Waals surface area contributed by atoms with E-state index in [4.69, 9.17) is 5.11 Å². The van der Waals surface area contributed by atoms with Gasteiger partial charge in [0.15, 0.2) is 0 Å². The summed E-state index contributed by atoms with van der Waals surface area (Å²) < 4.78 is 1.71. The van der Waals surface area contributed by atoms with Gasteiger partial charge < -0.3 is 10.4 Å². The lowest BCUT2D eigenvalue weighted by Crippen LogP contribution is -2.46. The molecule has 0 aliphatic heterocycles. The fourth-order valence-corrected chi connectivity index (χ4v) is 1.70. The first-order valence-corrected chi connectivity index (χ1v) is 5.78. The average Bonchev–Trinajstić information content (AvgIpc) is 2.67. The Balaban J connectivity index is 2.28. The highest BCUT2D eigenvalue weighted by Crippen LogP contribution is 2.14. The quantitative estimate of drug-likeness (QED) is 0.852. The van der Waals surface area contributed by atoms with Crippen LogP contribution in [-0.4, -0.2) is 32.9 Å². The van der Waals surface area contributed by atoms with Crippen molar-refractivity contribution in [3.8, 4) is 0 Å². The third kappa shape index (κ3) is 2.51. The fraction of sp³-hybridized carbons (Fsp3) is 0.385. The molecular formula is C13H17N3O2. The molecule has 1 amide bonds. The molecule has 18 heavy (non-hydrogen) atoms. The standard InChI is InChI=1S/C13H17N3O2/c1-13(2,8-17)14-12(18)9-4-5-10-7-16(3)15-11(10)6-9/h4-7,17H,8H2,1-3H3,(H,14,18). The van der Waals surface area contributed by atoms with Gasteiger partial charge in [-0.05, 0) is 26.0 Å². The number of hydrogen-bond acceptors (Lipinski definition) is 3. The molecule has 0 fully saturated rings. The summed E-state index contributed by atoms with van der Waals surface area (Å²) in [5.74, 6) is -0.207. The van der Waals surface area contributed by atoms with Gasteiger partial charge in [-0.15, -0.1) is 0 Å². The monoisotopic (exact) mass is 247 g/mol. The number of aryl methyl sites for hydroxylation is 1. The number of aromatic nitrogens is 2. The van der Waals surface area contributed by atoms with Gasteiger partial charge in [-0.25, -0.2) is 0 Å². The summed E-state index contributed by atoms with van der Waals surface area (Å²) in [6.07, 6.45) is 1.90. The molecule has 0 unspecified atom stereocenters. The molecule has 0 saturated carbocycles. The van der Waals surface area contributed by atoms with Crippen LogP contribution in [0.5, 0.6) is 0 Å². The zero-order chi connectivity index (χ0) is 13.3. The predicted molar refractivity (Wildman–Crippen MR) is 69.3 cm³/mol. The van der Waals surface area contributed by atoms with E-state index < -0.39 is 5.54 Å². The summed E-state index contributed by atoms with van der Waals surface area (Å²) in [5.41, 5.74) is 0.700. The van der Waals surface area contributed by atoms with Gasteiger partial charge in [0.25, 0.3) is 5.91 Å². The second-order valence-electron chi connectivity index (χ2n) is 5.07. The van der Waals surface area contributed by atoms with E-state index >= 15 is 0 Å². The maximum absolute atomic E-state index is 12.0. The SMILES string of the molecule is Cn1cc2ccc(C(=O)NC(C)(C)CO)cc2n1. The van der Waals surface area contributed by atoms with Crippen molar-refractivity contribution in [3.63, 3.8) is 0 Å². The van der Waals surface area contributed by atoms with Gasteiger partial charge in [-0.1, -0.05) is 6.07 Å². The number of nitrogens with one attached hydrogen (secondary N) is 1. The van der Waals surface area contributed by atoms with E-state index in [1.165, 1.54) is 0 Å². The van der Waals surface area contributed by atoms with Crippen LogP contribution in [0.15, 0.2) is 24.4 Å². The Kier molecular flexibility index (Phi) is 3.09. The number of benzene rings is 1. The number of hydrogen-bond donors (Lipinski definition) is 2. The van der Waals surface area contributed by atoms with Crippen LogP contribution in [0.4, 0.5) is 0 Å². The number of aliphatic hydroxyl groups excluding tert-OH is 1. The number of rotatable bonds is 3. The summed E-state index contributed by atoms with van der Waals surface area (Å²) in [5, 5.41) is 17.2. The number of aliphatic hydroxyl groups is 1. The number of fused-ring (bicyclic) bond motifs is 1. The Hall–Kier alpha value is -1.88. The molecule has 2 N–H and O–H groups in total. The summed E-state index contributed by atoms with van der Waals surface area (Å²) in [4.78, 5) is 12.0. The van der Waals surface area contributed by atoms with Gasteiger partial charge in [-0.2, -0.15) is 5.10 Å². The van der Waals surface area contributed by atoms with Gasteiger partial charge >= 0.3 is 0 Å². The lowest BCUT2D eigenvalue weighted by atomic mass is 10.1. The maximum atomic E-state index is 12.0. The Morgan fingerprint density at radius 3 is 2.89 bits per heavy atom. The maximum Gasteiger partial charge on any atom is 0.251 e. The van der Waals surface area contributed by atoms with E-state index in [1.807, 2.05) is 19.3 Å². The molecule has 96 valence electrons. The molecular weight excluding hydrogens is 230 g/mol. The van der Waals surface area contributed by atoms with Crippen molar-refractivity contribution in [2.24, 2.45) is 7.05 Å². The zero-order valence-corrected chi connectivity index (χ0v) is 10.8. The molecule has 0 atom stereocenters. The lowest BCUT2D eigenvalue weighted by molar-refractivity contribution is 0.0869. The van der Waals surface area contributed by atoms with Crippen molar-refractivity contribution in [1.29, 1.82) is 0 Å². The van der Waals surface area contributed by atoms with Gasteiger partial charge in [0.2, 0.25) is 0 Å². The van der Waals surface area contributed by atoms with Crippen molar-refractivity contribution in [2.75, 3.05) is 6.61 Å². The van der Waals surface area contributed by atoms with Crippen molar-refractivity contribution in [3.05, 3.63) is 30.0 Å². The van der Waals surface area contributed by atoms with Crippen molar-refractivity contribution < 1.29 is 9.90 Å². The predicted octanol–water partition coefficient (Wildman–Crippen LogP) is 1.07. The smallest absolute Gasteiger partial charge is 0.251 e. The van der Waals surface area contributed by atoms with E-state index in [9.17, 15) is 4.79 Å². The topological polar surface area (TPSA) is 67.2 Å². The largest absolute Gasteiger partial charge is 0.394 e. The first kappa shape index (κ1) is 12.6. The molecule has 0 spiro atoms. The van der Waals surface area contributed by atoms with Crippen molar-refractivity contribution in [2.45, 2.75) is 19.4 Å². The Morgan fingerprint density at radius 1 is 1.50 bits per heavy atom. The molecule has 0 saturated heterocycles. The first-order chi connectivity index (χ1) is 8.41. The van der Waals surface area contributed by atoms with Crippen LogP contribution in [0, 0.1) is 0 Å². The van der Waals surface area contributed by atoms with E-state index in [-0.39, 0.29) is 12.5 Å². The van der Waals surface area contributed by atoms with Crippen molar-refractivity contribution >= 4 is 16.8 Å². The zero-order valence-electron chi connectivity index (χ0n) is 10.8. The third-order valence-electron chi connectivity index (χ3n) is 2.73. The molecule has 0 aliphatic carbocycles. The summed E-state index contributed by atoms with van der Waals surface area (Å²) in [6.45, 7) is 3.43. The molecule has 2 rings (SSSR count). The molecule has 0 aliphatic rings. The number of amides is 1. The summed E-state index contributed by atoms with van der Waals surface area (Å²) in [7, 11) is 1.84. The van der Waals surface area contributed by atoms with Crippen LogP contribution < -0.4 is 5.32 Å². The van der Waals surface area contributed by atoms with Crippen LogP contribution >= 0.6 is 0 Å². The van der Waals surface area contributed by atoms with E-state index in [2.05, 4.69) is 10.4 Å². The highest BCUT2D eigenvalue weighted by molar-refractivity contribution is 5.98. The number of nitrogens with zero attached hydrogens (tertiary/aromatic N) is 2. The number of carbonyl (C=O) groups excluding carboxylic acids is 1. The summed E-state index contributed by atoms with van der Waals surface area (Å²) >= 11 is 0.